The van der Waals surface area contributed by atoms with Gasteiger partial charge in [0.2, 0.25) is 0 Å². The van der Waals surface area contributed by atoms with Crippen molar-refractivity contribution in [3.8, 4) is 0 Å². The van der Waals surface area contributed by atoms with Crippen molar-refractivity contribution in [1.29, 1.82) is 0 Å². The summed E-state index contributed by atoms with van der Waals surface area (Å²) in [4.78, 5) is 12.6. The summed E-state index contributed by atoms with van der Waals surface area (Å²) in [6.45, 7) is 5.41. The minimum atomic E-state index is 0.0763. The molecule has 2 fully saturated rings. The Hall–Kier alpha value is -0.570. The molecular formula is C25H46O3. The first-order valence-electron chi connectivity index (χ1n) is 12.5. The molecule has 2 aliphatic rings. The van der Waals surface area contributed by atoms with Crippen molar-refractivity contribution in [1.82, 2.24) is 0 Å². The minimum Gasteiger partial charge on any atom is -0.462 e. The first-order chi connectivity index (χ1) is 13.7. The maximum Gasteiger partial charge on any atom is 0.309 e. The molecule has 0 radical (unpaired) electrons. The lowest BCUT2D eigenvalue weighted by atomic mass is 9.83. The highest BCUT2D eigenvalue weighted by molar-refractivity contribution is 5.72. The SMILES string of the molecule is CCCCCCCOC1CCC(C(=O)OC2CCC(CCCCC)CC2)CC1. The molecule has 0 unspecified atom stereocenters. The number of rotatable bonds is 13. The molecule has 164 valence electrons. The smallest absolute Gasteiger partial charge is 0.309 e. The second kappa shape index (κ2) is 14.4. The van der Waals surface area contributed by atoms with Crippen LogP contribution in [0, 0.1) is 11.8 Å². The van der Waals surface area contributed by atoms with E-state index in [4.69, 9.17) is 9.47 Å². The molecule has 2 aliphatic carbocycles. The van der Waals surface area contributed by atoms with Gasteiger partial charge in [-0.05, 0) is 63.7 Å². The molecule has 0 aromatic heterocycles. The van der Waals surface area contributed by atoms with Gasteiger partial charge in [0.1, 0.15) is 6.10 Å². The Balaban J connectivity index is 1.52. The van der Waals surface area contributed by atoms with E-state index < -0.39 is 0 Å². The molecule has 2 rings (SSSR count). The van der Waals surface area contributed by atoms with Crippen LogP contribution in [0.25, 0.3) is 0 Å². The minimum absolute atomic E-state index is 0.0763. The van der Waals surface area contributed by atoms with Gasteiger partial charge in [-0.1, -0.05) is 65.2 Å². The summed E-state index contributed by atoms with van der Waals surface area (Å²) >= 11 is 0. The van der Waals surface area contributed by atoms with Crippen molar-refractivity contribution in [2.45, 2.75) is 135 Å². The topological polar surface area (TPSA) is 35.5 Å². The molecule has 28 heavy (non-hydrogen) atoms. The molecule has 0 saturated heterocycles. The van der Waals surface area contributed by atoms with Crippen LogP contribution >= 0.6 is 0 Å². The van der Waals surface area contributed by atoms with Crippen LogP contribution in [0.15, 0.2) is 0 Å². The molecule has 0 heterocycles. The Morgan fingerprint density at radius 3 is 2.00 bits per heavy atom. The van der Waals surface area contributed by atoms with Gasteiger partial charge in [0.05, 0.1) is 12.0 Å². The quantitative estimate of drug-likeness (QED) is 0.244. The summed E-state index contributed by atoms with van der Waals surface area (Å²) in [6.07, 6.45) is 21.0. The van der Waals surface area contributed by atoms with Gasteiger partial charge in [-0.15, -0.1) is 0 Å². The standard InChI is InChI=1S/C25H46O3/c1-3-5-7-8-10-20-27-23-18-14-22(15-19-23)25(26)28-24-16-12-21(13-17-24)11-9-6-4-2/h21-24H,3-20H2,1-2H3. The van der Waals surface area contributed by atoms with Crippen molar-refractivity contribution in [3.63, 3.8) is 0 Å². The molecular weight excluding hydrogens is 348 g/mol. The Kier molecular flexibility index (Phi) is 12.2. The van der Waals surface area contributed by atoms with Gasteiger partial charge in [0, 0.05) is 6.61 Å². The van der Waals surface area contributed by atoms with E-state index in [2.05, 4.69) is 13.8 Å². The van der Waals surface area contributed by atoms with Crippen LogP contribution in [-0.4, -0.2) is 24.8 Å². The Labute approximate surface area is 174 Å². The predicted octanol–water partition coefficient (Wildman–Crippen LogP) is 7.21. The molecule has 3 heteroatoms. The highest BCUT2D eigenvalue weighted by atomic mass is 16.5. The van der Waals surface area contributed by atoms with Gasteiger partial charge < -0.3 is 9.47 Å². The average molecular weight is 395 g/mol. The van der Waals surface area contributed by atoms with E-state index in [1.165, 1.54) is 70.6 Å². The van der Waals surface area contributed by atoms with E-state index >= 15 is 0 Å². The van der Waals surface area contributed by atoms with E-state index in [0.717, 1.165) is 51.0 Å². The molecule has 0 aromatic carbocycles. The molecule has 0 bridgehead atoms. The van der Waals surface area contributed by atoms with Gasteiger partial charge in [-0.3, -0.25) is 4.79 Å². The fourth-order valence-corrected chi connectivity index (χ4v) is 4.90. The van der Waals surface area contributed by atoms with Gasteiger partial charge in [-0.2, -0.15) is 0 Å². The molecule has 0 N–H and O–H groups in total. The summed E-state index contributed by atoms with van der Waals surface area (Å²) < 4.78 is 11.9. The highest BCUT2D eigenvalue weighted by Gasteiger charge is 2.30. The van der Waals surface area contributed by atoms with Gasteiger partial charge in [0.25, 0.3) is 0 Å². The molecule has 0 spiro atoms. The number of esters is 1. The lowest BCUT2D eigenvalue weighted by Gasteiger charge is -2.31. The normalized spacial score (nSPS) is 28.2. The summed E-state index contributed by atoms with van der Waals surface area (Å²) in [5.74, 6) is 1.06. The number of unbranched alkanes of at least 4 members (excludes halogenated alkanes) is 6. The summed E-state index contributed by atoms with van der Waals surface area (Å²) in [7, 11) is 0. The van der Waals surface area contributed by atoms with Crippen molar-refractivity contribution in [3.05, 3.63) is 0 Å². The zero-order chi connectivity index (χ0) is 20.0. The van der Waals surface area contributed by atoms with E-state index in [1.807, 2.05) is 0 Å². The number of hydrogen-bond acceptors (Lipinski definition) is 3. The summed E-state index contributed by atoms with van der Waals surface area (Å²) in [6, 6.07) is 0. The lowest BCUT2D eigenvalue weighted by Crippen LogP contribution is -2.31. The van der Waals surface area contributed by atoms with Gasteiger partial charge in [0.15, 0.2) is 0 Å². The average Bonchev–Trinajstić information content (AvgIpc) is 2.72. The molecule has 2 saturated carbocycles. The van der Waals surface area contributed by atoms with Crippen LogP contribution in [0.4, 0.5) is 0 Å². The first kappa shape index (κ1) is 23.7. The van der Waals surface area contributed by atoms with Crippen LogP contribution in [-0.2, 0) is 14.3 Å². The van der Waals surface area contributed by atoms with Crippen LogP contribution < -0.4 is 0 Å². The molecule has 0 atom stereocenters. The molecule has 0 aromatic rings. The first-order valence-corrected chi connectivity index (χ1v) is 12.5. The third-order valence-electron chi connectivity index (χ3n) is 6.90. The number of carbonyl (C=O) groups excluding carboxylic acids is 1. The molecule has 3 nitrogen and oxygen atoms in total. The fourth-order valence-electron chi connectivity index (χ4n) is 4.90. The Morgan fingerprint density at radius 1 is 0.714 bits per heavy atom. The van der Waals surface area contributed by atoms with Crippen molar-refractivity contribution >= 4 is 5.97 Å². The van der Waals surface area contributed by atoms with Crippen LogP contribution in [0.1, 0.15) is 123 Å². The highest BCUT2D eigenvalue weighted by Crippen LogP contribution is 2.32. The van der Waals surface area contributed by atoms with Crippen LogP contribution in [0.5, 0.6) is 0 Å². The third kappa shape index (κ3) is 9.29. The Bertz CT molecular complexity index is 393. The maximum absolute atomic E-state index is 12.6. The summed E-state index contributed by atoms with van der Waals surface area (Å²) in [5.41, 5.74) is 0. The molecule has 0 amide bonds. The zero-order valence-electron chi connectivity index (χ0n) is 18.8. The van der Waals surface area contributed by atoms with Crippen LogP contribution in [0.3, 0.4) is 0 Å². The van der Waals surface area contributed by atoms with Crippen LogP contribution in [0.2, 0.25) is 0 Å². The monoisotopic (exact) mass is 394 g/mol. The second-order valence-corrected chi connectivity index (χ2v) is 9.33. The number of hydrogen-bond donors (Lipinski definition) is 0. The Morgan fingerprint density at radius 2 is 1.32 bits per heavy atom. The van der Waals surface area contributed by atoms with E-state index in [-0.39, 0.29) is 18.0 Å². The summed E-state index contributed by atoms with van der Waals surface area (Å²) in [5, 5.41) is 0. The number of ether oxygens (including phenoxy) is 2. The maximum atomic E-state index is 12.6. The second-order valence-electron chi connectivity index (χ2n) is 9.33. The van der Waals surface area contributed by atoms with Gasteiger partial charge in [-0.25, -0.2) is 0 Å². The fraction of sp³-hybridized carbons (Fsp3) is 0.960. The van der Waals surface area contributed by atoms with E-state index in [0.29, 0.717) is 6.10 Å². The zero-order valence-corrected chi connectivity index (χ0v) is 18.8. The van der Waals surface area contributed by atoms with Gasteiger partial charge >= 0.3 is 5.97 Å². The largest absolute Gasteiger partial charge is 0.462 e. The predicted molar refractivity (Wildman–Crippen MR) is 116 cm³/mol. The van der Waals surface area contributed by atoms with E-state index in [9.17, 15) is 4.79 Å². The third-order valence-corrected chi connectivity index (χ3v) is 6.90. The number of carbonyl (C=O) groups is 1. The molecule has 0 aliphatic heterocycles. The van der Waals surface area contributed by atoms with Crippen molar-refractivity contribution in [2.75, 3.05) is 6.61 Å². The lowest BCUT2D eigenvalue weighted by molar-refractivity contribution is -0.158. The van der Waals surface area contributed by atoms with Crippen molar-refractivity contribution < 1.29 is 14.3 Å². The van der Waals surface area contributed by atoms with E-state index in [1.54, 1.807) is 0 Å². The van der Waals surface area contributed by atoms with Crippen molar-refractivity contribution in [2.24, 2.45) is 11.8 Å².